The normalized spacial score (nSPS) is 19.7. The van der Waals surface area contributed by atoms with Crippen molar-refractivity contribution in [1.29, 1.82) is 0 Å². The highest BCUT2D eigenvalue weighted by Gasteiger charge is 2.42. The van der Waals surface area contributed by atoms with Crippen LogP contribution in [0.2, 0.25) is 0 Å². The fourth-order valence-electron chi connectivity index (χ4n) is 3.15. The number of carbonyl (C=O) groups excluding carboxylic acids is 1. The third-order valence-electron chi connectivity index (χ3n) is 4.35. The summed E-state index contributed by atoms with van der Waals surface area (Å²) in [4.78, 5) is 25.3. The van der Waals surface area contributed by atoms with E-state index in [9.17, 15) is 14.7 Å². The monoisotopic (exact) mass is 513 g/mol. The minimum absolute atomic E-state index is 0.149. The molecule has 1 amide bonds. The van der Waals surface area contributed by atoms with Crippen LogP contribution >= 0.6 is 31.9 Å². The Labute approximate surface area is 180 Å². The number of halogens is 2. The molecular weight excluding hydrogens is 494 g/mol. The Morgan fingerprint density at radius 1 is 1.18 bits per heavy atom. The molecule has 0 aromatic heterocycles. The Hall–Kier alpha value is -1.80. The fourth-order valence-corrected chi connectivity index (χ4v) is 4.12. The summed E-state index contributed by atoms with van der Waals surface area (Å²) in [5, 5.41) is 11.5. The number of likely N-dealkylation sites (tertiary alicyclic amines) is 1. The molecule has 8 heteroatoms. The van der Waals surface area contributed by atoms with Crippen LogP contribution in [-0.4, -0.2) is 46.4 Å². The Balaban J connectivity index is 1.80. The average Bonchev–Trinajstić information content (AvgIpc) is 3.00. The number of aliphatic carboxylic acids is 1. The molecule has 0 radical (unpaired) electrons. The zero-order valence-electron chi connectivity index (χ0n) is 15.7. The molecule has 2 atom stereocenters. The van der Waals surface area contributed by atoms with Gasteiger partial charge in [0.05, 0.1) is 11.0 Å². The van der Waals surface area contributed by atoms with Crippen LogP contribution in [0.4, 0.5) is 4.79 Å². The van der Waals surface area contributed by atoms with Crippen molar-refractivity contribution in [1.82, 2.24) is 4.90 Å². The largest absolute Gasteiger partial charge is 0.487 e. The van der Waals surface area contributed by atoms with Crippen molar-refractivity contribution in [3.63, 3.8) is 0 Å². The molecule has 0 bridgehead atoms. The van der Waals surface area contributed by atoms with Crippen LogP contribution in [-0.2, 0) is 9.53 Å². The van der Waals surface area contributed by atoms with Crippen LogP contribution in [0.25, 0.3) is 10.8 Å². The summed E-state index contributed by atoms with van der Waals surface area (Å²) in [5.41, 5.74) is -0.700. The van der Waals surface area contributed by atoms with E-state index in [1.807, 2.05) is 30.3 Å². The molecule has 2 aromatic carbocycles. The molecule has 6 nitrogen and oxygen atoms in total. The van der Waals surface area contributed by atoms with Crippen LogP contribution in [0.3, 0.4) is 0 Å². The molecule has 1 saturated heterocycles. The molecule has 1 aliphatic heterocycles. The highest BCUT2D eigenvalue weighted by molar-refractivity contribution is 9.11. The van der Waals surface area contributed by atoms with Gasteiger partial charge in [0.2, 0.25) is 0 Å². The molecule has 0 aliphatic carbocycles. The van der Waals surface area contributed by atoms with E-state index >= 15 is 0 Å². The van der Waals surface area contributed by atoms with Gasteiger partial charge < -0.3 is 14.6 Å². The zero-order chi connectivity index (χ0) is 20.6. The smallest absolute Gasteiger partial charge is 0.411 e. The molecule has 2 aromatic rings. The van der Waals surface area contributed by atoms with Crippen molar-refractivity contribution in [3.05, 3.63) is 39.3 Å². The Kier molecular flexibility index (Phi) is 5.91. The highest BCUT2D eigenvalue weighted by atomic mass is 79.9. The predicted molar refractivity (Wildman–Crippen MR) is 113 cm³/mol. The molecule has 1 N–H and O–H groups in total. The lowest BCUT2D eigenvalue weighted by atomic mass is 10.1. The van der Waals surface area contributed by atoms with E-state index in [1.54, 1.807) is 20.8 Å². The van der Waals surface area contributed by atoms with E-state index < -0.39 is 29.8 Å². The van der Waals surface area contributed by atoms with Crippen LogP contribution < -0.4 is 4.74 Å². The van der Waals surface area contributed by atoms with Gasteiger partial charge in [-0.2, -0.15) is 0 Å². The maximum atomic E-state index is 12.4. The predicted octanol–water partition coefficient (Wildman–Crippen LogP) is 5.21. The lowest BCUT2D eigenvalue weighted by Crippen LogP contribution is -2.43. The van der Waals surface area contributed by atoms with Gasteiger partial charge in [-0.1, -0.05) is 28.1 Å². The van der Waals surface area contributed by atoms with Gasteiger partial charge in [-0.15, -0.1) is 0 Å². The molecule has 0 unspecified atom stereocenters. The van der Waals surface area contributed by atoms with E-state index in [4.69, 9.17) is 9.47 Å². The molecule has 0 saturated carbocycles. The van der Waals surface area contributed by atoms with Gasteiger partial charge in [-0.3, -0.25) is 4.90 Å². The van der Waals surface area contributed by atoms with E-state index in [2.05, 4.69) is 31.9 Å². The maximum Gasteiger partial charge on any atom is 0.411 e. The van der Waals surface area contributed by atoms with Gasteiger partial charge in [0.25, 0.3) is 0 Å². The topological polar surface area (TPSA) is 76.1 Å². The van der Waals surface area contributed by atoms with Crippen LogP contribution in [0.1, 0.15) is 27.2 Å². The number of amides is 1. The van der Waals surface area contributed by atoms with Gasteiger partial charge in [0.15, 0.2) is 0 Å². The number of benzene rings is 2. The third-order valence-corrected chi connectivity index (χ3v) is 5.66. The second-order valence-corrected chi connectivity index (χ2v) is 9.41. The Morgan fingerprint density at radius 2 is 1.89 bits per heavy atom. The highest BCUT2D eigenvalue weighted by Crippen LogP contribution is 2.36. The molecule has 1 fully saturated rings. The first-order valence-corrected chi connectivity index (χ1v) is 10.4. The fraction of sp³-hybridized carbons (Fsp3) is 0.400. The Morgan fingerprint density at radius 3 is 2.54 bits per heavy atom. The average molecular weight is 515 g/mol. The zero-order valence-corrected chi connectivity index (χ0v) is 18.9. The lowest BCUT2D eigenvalue weighted by Gasteiger charge is -2.26. The number of nitrogens with zero attached hydrogens (tertiary/aromatic N) is 1. The van der Waals surface area contributed by atoms with E-state index in [0.29, 0.717) is 5.75 Å². The van der Waals surface area contributed by atoms with Gasteiger partial charge in [-0.25, -0.2) is 9.59 Å². The summed E-state index contributed by atoms with van der Waals surface area (Å²) in [6.07, 6.45) is -0.898. The molecule has 1 heterocycles. The van der Waals surface area contributed by atoms with Crippen molar-refractivity contribution in [3.8, 4) is 5.75 Å². The standard InChI is InChI=1S/C20H21Br2NO5/c1-20(2,3)28-19(26)23-10-13(9-15(23)18(24)25)27-16-7-4-11-8-12(21)5-6-14(11)17(16)22/h4-8,13,15H,9-10H2,1-3H3,(H,24,25)/t13-,15-/m1/s1. The second-order valence-electron chi connectivity index (χ2n) is 7.71. The van der Waals surface area contributed by atoms with Crippen molar-refractivity contribution in [2.45, 2.75) is 44.9 Å². The van der Waals surface area contributed by atoms with E-state index in [1.165, 1.54) is 4.90 Å². The second kappa shape index (κ2) is 7.91. The summed E-state index contributed by atoms with van der Waals surface area (Å²) >= 11 is 7.04. The first kappa shape index (κ1) is 20.9. The number of carboxylic acids is 1. The van der Waals surface area contributed by atoms with Crippen molar-refractivity contribution < 1.29 is 24.2 Å². The quantitative estimate of drug-likeness (QED) is 0.608. The molecule has 3 rings (SSSR count). The van der Waals surface area contributed by atoms with Gasteiger partial charge in [0.1, 0.15) is 23.5 Å². The van der Waals surface area contributed by atoms with Crippen LogP contribution in [0.5, 0.6) is 5.75 Å². The number of hydrogen-bond donors (Lipinski definition) is 1. The summed E-state index contributed by atoms with van der Waals surface area (Å²) in [6.45, 7) is 5.39. The van der Waals surface area contributed by atoms with E-state index in [-0.39, 0.29) is 13.0 Å². The first-order chi connectivity index (χ1) is 13.0. The third kappa shape index (κ3) is 4.60. The lowest BCUT2D eigenvalue weighted by molar-refractivity contribution is -0.142. The number of ether oxygens (including phenoxy) is 2. The van der Waals surface area contributed by atoms with Gasteiger partial charge >= 0.3 is 12.1 Å². The molecule has 28 heavy (non-hydrogen) atoms. The SMILES string of the molecule is CC(C)(C)OC(=O)N1C[C@H](Oc2ccc3cc(Br)ccc3c2Br)C[C@@H]1C(=O)O. The maximum absolute atomic E-state index is 12.4. The minimum Gasteiger partial charge on any atom is -0.487 e. The summed E-state index contributed by atoms with van der Waals surface area (Å²) in [5.74, 6) is -0.464. The first-order valence-electron chi connectivity index (χ1n) is 8.82. The number of rotatable bonds is 3. The van der Waals surface area contributed by atoms with Crippen LogP contribution in [0.15, 0.2) is 39.3 Å². The van der Waals surface area contributed by atoms with Crippen molar-refractivity contribution in [2.24, 2.45) is 0 Å². The van der Waals surface area contributed by atoms with Gasteiger partial charge in [0, 0.05) is 10.9 Å². The molecule has 1 aliphatic rings. The summed E-state index contributed by atoms with van der Waals surface area (Å²) < 4.78 is 13.2. The molecule has 150 valence electrons. The summed E-state index contributed by atoms with van der Waals surface area (Å²) in [6, 6.07) is 8.72. The van der Waals surface area contributed by atoms with E-state index in [0.717, 1.165) is 19.7 Å². The minimum atomic E-state index is -1.07. The van der Waals surface area contributed by atoms with Crippen molar-refractivity contribution >= 4 is 54.7 Å². The number of carbonyl (C=O) groups is 2. The number of hydrogen-bond acceptors (Lipinski definition) is 4. The number of carboxylic acid groups (broad SMARTS) is 1. The summed E-state index contributed by atoms with van der Waals surface area (Å²) in [7, 11) is 0. The van der Waals surface area contributed by atoms with Crippen LogP contribution in [0, 0.1) is 0 Å². The Bertz CT molecular complexity index is 925. The van der Waals surface area contributed by atoms with Gasteiger partial charge in [-0.05, 0) is 65.7 Å². The molecule has 0 spiro atoms. The van der Waals surface area contributed by atoms with Crippen molar-refractivity contribution in [2.75, 3.05) is 6.54 Å². The molecular formula is C20H21Br2NO5. The number of fused-ring (bicyclic) bond motifs is 1.